The van der Waals surface area contributed by atoms with Crippen LogP contribution in [-0.2, 0) is 14.8 Å². The molecule has 0 radical (unpaired) electrons. The molecule has 2 aliphatic heterocycles. The highest BCUT2D eigenvalue weighted by molar-refractivity contribution is 7.90. The number of amides is 1. The molecule has 0 spiro atoms. The van der Waals surface area contributed by atoms with Crippen molar-refractivity contribution in [3.63, 3.8) is 0 Å². The van der Waals surface area contributed by atoms with E-state index in [1.54, 1.807) is 42.5 Å². The fourth-order valence-corrected chi connectivity index (χ4v) is 6.13. The second kappa shape index (κ2) is 7.99. The number of carbonyl (C=O) groups is 1. The molecular weight excluding hydrogens is 429 g/mol. The predicted molar refractivity (Wildman–Crippen MR) is 119 cm³/mol. The average molecular weight is 456 g/mol. The summed E-state index contributed by atoms with van der Waals surface area (Å²) in [5.41, 5.74) is 1.12. The Morgan fingerprint density at radius 2 is 1.84 bits per heavy atom. The molecule has 168 valence electrons. The Hall–Kier alpha value is -2.74. The van der Waals surface area contributed by atoms with Gasteiger partial charge in [-0.1, -0.05) is 30.3 Å². The summed E-state index contributed by atoms with van der Waals surface area (Å²) < 4.78 is 43.4. The van der Waals surface area contributed by atoms with E-state index < -0.39 is 10.0 Å². The molecular formula is C24H26FN3O3S. The first-order chi connectivity index (χ1) is 15.4. The van der Waals surface area contributed by atoms with E-state index in [0.717, 1.165) is 25.7 Å². The highest BCUT2D eigenvalue weighted by Crippen LogP contribution is 2.38. The van der Waals surface area contributed by atoms with Gasteiger partial charge in [-0.25, -0.2) is 4.39 Å². The second-order valence-corrected chi connectivity index (χ2v) is 10.4. The highest BCUT2D eigenvalue weighted by atomic mass is 32.2. The molecule has 2 fully saturated rings. The van der Waals surface area contributed by atoms with Crippen LogP contribution in [-0.4, -0.2) is 49.1 Å². The first-order valence-corrected chi connectivity index (χ1v) is 12.6. The monoisotopic (exact) mass is 455 g/mol. The summed E-state index contributed by atoms with van der Waals surface area (Å²) >= 11 is 0. The van der Waals surface area contributed by atoms with Crippen LogP contribution in [0.3, 0.4) is 0 Å². The third kappa shape index (κ3) is 3.70. The number of rotatable bonds is 4. The van der Waals surface area contributed by atoms with Crippen LogP contribution in [0.5, 0.6) is 0 Å². The van der Waals surface area contributed by atoms with Crippen molar-refractivity contribution >= 4 is 21.8 Å². The van der Waals surface area contributed by atoms with Gasteiger partial charge < -0.3 is 9.80 Å². The number of sulfonamides is 1. The van der Waals surface area contributed by atoms with Crippen molar-refractivity contribution in [1.82, 2.24) is 9.80 Å². The van der Waals surface area contributed by atoms with Crippen molar-refractivity contribution < 1.29 is 17.6 Å². The standard InChI is InChI=1S/C24H26FN3O3S/c1-16(19-8-2-4-10-21(19)25)28(18-12-13-18)24(29)17-7-6-14-27(15-17)23-20-9-3-5-11-22(20)32(30,31)26-23/h2-5,8-11,16-18H,6-7,12-15H2,1H3/t16-,17+/m0/s1. The third-order valence-electron chi connectivity index (χ3n) is 6.65. The molecule has 3 aliphatic rings. The van der Waals surface area contributed by atoms with Gasteiger partial charge in [0, 0.05) is 30.3 Å². The van der Waals surface area contributed by atoms with E-state index in [-0.39, 0.29) is 34.6 Å². The quantitative estimate of drug-likeness (QED) is 0.704. The minimum atomic E-state index is -3.71. The topological polar surface area (TPSA) is 70.1 Å². The van der Waals surface area contributed by atoms with Gasteiger partial charge in [-0.3, -0.25) is 4.79 Å². The normalized spacial score (nSPS) is 22.8. The molecule has 1 saturated carbocycles. The van der Waals surface area contributed by atoms with Crippen LogP contribution in [0.25, 0.3) is 0 Å². The average Bonchev–Trinajstić information content (AvgIpc) is 3.58. The number of hydrogen-bond donors (Lipinski definition) is 0. The Bertz CT molecular complexity index is 1190. The molecule has 1 amide bonds. The van der Waals surface area contributed by atoms with Gasteiger partial charge in [0.05, 0.1) is 12.0 Å². The van der Waals surface area contributed by atoms with Crippen molar-refractivity contribution in [2.75, 3.05) is 13.1 Å². The van der Waals surface area contributed by atoms with Crippen molar-refractivity contribution in [1.29, 1.82) is 0 Å². The minimum absolute atomic E-state index is 0.0164. The van der Waals surface area contributed by atoms with Crippen molar-refractivity contribution in [2.45, 2.75) is 49.6 Å². The summed E-state index contributed by atoms with van der Waals surface area (Å²) in [6, 6.07) is 13.2. The third-order valence-corrected chi connectivity index (χ3v) is 7.98. The zero-order valence-corrected chi connectivity index (χ0v) is 18.8. The first-order valence-electron chi connectivity index (χ1n) is 11.1. The zero-order chi connectivity index (χ0) is 22.5. The minimum Gasteiger partial charge on any atom is -0.355 e. The van der Waals surface area contributed by atoms with E-state index >= 15 is 0 Å². The summed E-state index contributed by atoms with van der Waals surface area (Å²) in [6.07, 6.45) is 3.35. The van der Waals surface area contributed by atoms with E-state index in [1.165, 1.54) is 6.07 Å². The van der Waals surface area contributed by atoms with Crippen LogP contribution in [0.15, 0.2) is 57.8 Å². The smallest absolute Gasteiger partial charge is 0.285 e. The van der Waals surface area contributed by atoms with Crippen molar-refractivity contribution in [2.24, 2.45) is 10.3 Å². The van der Waals surface area contributed by atoms with Gasteiger partial charge in [-0.15, -0.1) is 4.40 Å². The maximum atomic E-state index is 14.5. The second-order valence-electron chi connectivity index (χ2n) is 8.85. The number of hydrogen-bond acceptors (Lipinski definition) is 4. The molecule has 1 saturated heterocycles. The summed E-state index contributed by atoms with van der Waals surface area (Å²) in [4.78, 5) is 17.7. The molecule has 0 bridgehead atoms. The molecule has 2 aromatic rings. The molecule has 8 heteroatoms. The first kappa shape index (κ1) is 21.1. The molecule has 0 aromatic heterocycles. The summed E-state index contributed by atoms with van der Waals surface area (Å²) in [6.45, 7) is 2.95. The molecule has 0 N–H and O–H groups in total. The van der Waals surface area contributed by atoms with Crippen LogP contribution >= 0.6 is 0 Å². The number of benzene rings is 2. The molecule has 2 heterocycles. The number of likely N-dealkylation sites (tertiary alicyclic amines) is 1. The fraction of sp³-hybridized carbons (Fsp3) is 0.417. The van der Waals surface area contributed by atoms with E-state index in [9.17, 15) is 17.6 Å². The molecule has 1 aliphatic carbocycles. The molecule has 32 heavy (non-hydrogen) atoms. The van der Waals surface area contributed by atoms with Gasteiger partial charge in [0.1, 0.15) is 10.7 Å². The van der Waals surface area contributed by atoms with E-state index in [2.05, 4.69) is 4.40 Å². The number of nitrogens with zero attached hydrogens (tertiary/aromatic N) is 3. The fourth-order valence-electron chi connectivity index (χ4n) is 4.90. The van der Waals surface area contributed by atoms with E-state index in [1.807, 2.05) is 16.7 Å². The zero-order valence-electron chi connectivity index (χ0n) is 17.9. The Kier molecular flexibility index (Phi) is 5.28. The summed E-state index contributed by atoms with van der Waals surface area (Å²) in [7, 11) is -3.71. The lowest BCUT2D eigenvalue weighted by atomic mass is 9.94. The van der Waals surface area contributed by atoms with Crippen molar-refractivity contribution in [3.8, 4) is 0 Å². The Labute approximate surface area is 187 Å². The van der Waals surface area contributed by atoms with Gasteiger partial charge in [0.15, 0.2) is 5.84 Å². The highest BCUT2D eigenvalue weighted by Gasteiger charge is 2.42. The SMILES string of the molecule is C[C@@H](c1ccccc1F)N(C(=O)[C@@H]1CCCN(C2=NS(=O)(=O)c3ccccc32)C1)C1CC1. The lowest BCUT2D eigenvalue weighted by Gasteiger charge is -2.38. The molecule has 2 atom stereocenters. The number of piperidine rings is 1. The maximum absolute atomic E-state index is 14.5. The molecule has 6 nitrogen and oxygen atoms in total. The van der Waals surface area contributed by atoms with Gasteiger partial charge in [0.2, 0.25) is 5.91 Å². The lowest BCUT2D eigenvalue weighted by Crippen LogP contribution is -2.48. The van der Waals surface area contributed by atoms with Crippen LogP contribution < -0.4 is 0 Å². The number of amidine groups is 1. The Morgan fingerprint density at radius 3 is 2.59 bits per heavy atom. The van der Waals surface area contributed by atoms with Gasteiger partial charge in [-0.05, 0) is 50.8 Å². The summed E-state index contributed by atoms with van der Waals surface area (Å²) in [5, 5.41) is 0. The number of fused-ring (bicyclic) bond motifs is 1. The van der Waals surface area contributed by atoms with Crippen LogP contribution in [0.2, 0.25) is 0 Å². The number of halogens is 1. The molecule has 2 aromatic carbocycles. The largest absolute Gasteiger partial charge is 0.355 e. The van der Waals surface area contributed by atoms with Crippen LogP contribution in [0, 0.1) is 11.7 Å². The van der Waals surface area contributed by atoms with E-state index in [4.69, 9.17) is 0 Å². The summed E-state index contributed by atoms with van der Waals surface area (Å²) in [5.74, 6) is -0.136. The molecule has 5 rings (SSSR count). The van der Waals surface area contributed by atoms with E-state index in [0.29, 0.717) is 30.1 Å². The Balaban J connectivity index is 1.39. The predicted octanol–water partition coefficient (Wildman–Crippen LogP) is 3.74. The Morgan fingerprint density at radius 1 is 1.12 bits per heavy atom. The lowest BCUT2D eigenvalue weighted by molar-refractivity contribution is -0.139. The number of carbonyl (C=O) groups excluding carboxylic acids is 1. The van der Waals surface area contributed by atoms with Gasteiger partial charge in [-0.2, -0.15) is 8.42 Å². The van der Waals surface area contributed by atoms with Gasteiger partial charge in [0.25, 0.3) is 10.0 Å². The molecule has 0 unspecified atom stereocenters. The van der Waals surface area contributed by atoms with Crippen molar-refractivity contribution in [3.05, 3.63) is 65.5 Å². The van der Waals surface area contributed by atoms with Gasteiger partial charge >= 0.3 is 0 Å². The van der Waals surface area contributed by atoms with Crippen LogP contribution in [0.1, 0.15) is 49.8 Å². The maximum Gasteiger partial charge on any atom is 0.285 e. The van der Waals surface area contributed by atoms with Crippen LogP contribution in [0.4, 0.5) is 4.39 Å².